The molecular weight excluding hydrogens is 328 g/mol. The molecule has 0 radical (unpaired) electrons. The van der Waals surface area contributed by atoms with E-state index in [4.69, 9.17) is 0 Å². The second-order valence-corrected chi connectivity index (χ2v) is 4.94. The predicted molar refractivity (Wildman–Crippen MR) is 81.4 cm³/mol. The molecule has 0 spiro atoms. The Hall–Kier alpha value is -2.77. The van der Waals surface area contributed by atoms with E-state index >= 15 is 0 Å². The lowest BCUT2D eigenvalue weighted by Crippen LogP contribution is -2.22. The average molecular weight is 342 g/mol. The second-order valence-electron chi connectivity index (χ2n) is 4.94. The Balaban J connectivity index is 1.86. The lowest BCUT2D eigenvalue weighted by Gasteiger charge is -2.11. The number of carbonyl (C=O) groups excluding carboxylic acids is 1. The molecule has 0 bridgehead atoms. The van der Waals surface area contributed by atoms with E-state index in [1.807, 2.05) is 0 Å². The molecule has 0 saturated carbocycles. The molecule has 0 fully saturated rings. The number of halogens is 4. The number of hydrogen-bond acceptors (Lipinski definition) is 3. The molecular formula is C16H14F4N2O2. The number of benzene rings is 2. The lowest BCUT2D eigenvalue weighted by molar-refractivity contribution is -0.274. The van der Waals surface area contributed by atoms with Crippen molar-refractivity contribution in [3.8, 4) is 5.75 Å². The van der Waals surface area contributed by atoms with E-state index in [0.29, 0.717) is 16.9 Å². The van der Waals surface area contributed by atoms with Crippen LogP contribution in [0.4, 0.5) is 28.9 Å². The van der Waals surface area contributed by atoms with Gasteiger partial charge in [0.15, 0.2) is 0 Å². The van der Waals surface area contributed by atoms with Crippen molar-refractivity contribution in [3.05, 3.63) is 53.8 Å². The van der Waals surface area contributed by atoms with Gasteiger partial charge in [0.25, 0.3) is 0 Å². The highest BCUT2D eigenvalue weighted by atomic mass is 19.4. The molecule has 24 heavy (non-hydrogen) atoms. The molecule has 0 saturated heterocycles. The average Bonchev–Trinajstić information content (AvgIpc) is 2.49. The molecule has 0 heterocycles. The number of aryl methyl sites for hydroxylation is 1. The van der Waals surface area contributed by atoms with Crippen molar-refractivity contribution in [1.82, 2.24) is 0 Å². The van der Waals surface area contributed by atoms with Crippen LogP contribution in [0.15, 0.2) is 42.5 Å². The largest absolute Gasteiger partial charge is 0.573 e. The van der Waals surface area contributed by atoms with Gasteiger partial charge < -0.3 is 15.4 Å². The maximum atomic E-state index is 13.4. The normalized spacial score (nSPS) is 11.0. The number of rotatable bonds is 5. The first-order chi connectivity index (χ1) is 11.2. The maximum Gasteiger partial charge on any atom is 0.573 e. The highest BCUT2D eigenvalue weighted by molar-refractivity contribution is 5.93. The molecule has 8 heteroatoms. The number of hydrogen-bond donors (Lipinski definition) is 2. The third kappa shape index (κ3) is 5.45. The number of anilines is 2. The minimum Gasteiger partial charge on any atom is -0.406 e. The van der Waals surface area contributed by atoms with E-state index in [9.17, 15) is 22.4 Å². The Labute approximate surface area is 135 Å². The fourth-order valence-corrected chi connectivity index (χ4v) is 1.83. The molecule has 0 unspecified atom stereocenters. The lowest BCUT2D eigenvalue weighted by atomic mass is 10.2. The van der Waals surface area contributed by atoms with Crippen molar-refractivity contribution in [2.75, 3.05) is 17.2 Å². The molecule has 0 aliphatic rings. The Morgan fingerprint density at radius 3 is 2.29 bits per heavy atom. The van der Waals surface area contributed by atoms with Gasteiger partial charge in [-0.3, -0.25) is 4.79 Å². The molecule has 2 rings (SSSR count). The Morgan fingerprint density at radius 2 is 1.71 bits per heavy atom. The van der Waals surface area contributed by atoms with Gasteiger partial charge in [-0.15, -0.1) is 13.2 Å². The van der Waals surface area contributed by atoms with Crippen LogP contribution in [0.1, 0.15) is 5.56 Å². The van der Waals surface area contributed by atoms with Crippen molar-refractivity contribution in [2.45, 2.75) is 13.3 Å². The van der Waals surface area contributed by atoms with Crippen LogP contribution in [-0.2, 0) is 4.79 Å². The zero-order valence-electron chi connectivity index (χ0n) is 12.6. The fourth-order valence-electron chi connectivity index (χ4n) is 1.83. The quantitative estimate of drug-likeness (QED) is 0.805. The number of carbonyl (C=O) groups is 1. The molecule has 1 amide bonds. The van der Waals surface area contributed by atoms with Crippen LogP contribution in [0.5, 0.6) is 5.75 Å². The molecule has 0 aliphatic heterocycles. The van der Waals surface area contributed by atoms with Crippen molar-refractivity contribution in [3.63, 3.8) is 0 Å². The summed E-state index contributed by atoms with van der Waals surface area (Å²) in [4.78, 5) is 11.8. The van der Waals surface area contributed by atoms with E-state index in [-0.39, 0.29) is 18.1 Å². The third-order valence-electron chi connectivity index (χ3n) is 3.00. The molecule has 4 nitrogen and oxygen atoms in total. The van der Waals surface area contributed by atoms with Crippen LogP contribution in [0.2, 0.25) is 0 Å². The summed E-state index contributed by atoms with van der Waals surface area (Å²) < 4.78 is 53.2. The summed E-state index contributed by atoms with van der Waals surface area (Å²) in [5.74, 6) is -1.20. The van der Waals surface area contributed by atoms with E-state index in [1.165, 1.54) is 18.2 Å². The van der Waals surface area contributed by atoms with Crippen LogP contribution >= 0.6 is 0 Å². The van der Waals surface area contributed by atoms with E-state index < -0.39 is 12.3 Å². The summed E-state index contributed by atoms with van der Waals surface area (Å²) in [7, 11) is 0. The highest BCUT2D eigenvalue weighted by Gasteiger charge is 2.30. The maximum absolute atomic E-state index is 13.4. The molecule has 128 valence electrons. The molecule has 0 aromatic heterocycles. The first-order valence-electron chi connectivity index (χ1n) is 6.88. The predicted octanol–water partition coefficient (Wildman–Crippen LogP) is 4.08. The summed E-state index contributed by atoms with van der Waals surface area (Å²) in [6.07, 6.45) is -4.77. The first kappa shape index (κ1) is 17.6. The van der Waals surface area contributed by atoms with Gasteiger partial charge in [0.1, 0.15) is 11.6 Å². The van der Waals surface area contributed by atoms with Gasteiger partial charge in [-0.05, 0) is 48.9 Å². The van der Waals surface area contributed by atoms with E-state index in [0.717, 1.165) is 12.1 Å². The number of nitrogens with one attached hydrogen (secondary N) is 2. The first-order valence-corrected chi connectivity index (χ1v) is 6.88. The number of ether oxygens (including phenoxy) is 1. The summed E-state index contributed by atoms with van der Waals surface area (Å²) in [5.41, 5.74) is 1.25. The second kappa shape index (κ2) is 7.20. The van der Waals surface area contributed by atoms with E-state index in [1.54, 1.807) is 19.1 Å². The summed E-state index contributed by atoms with van der Waals surface area (Å²) in [6.45, 7) is 1.50. The van der Waals surface area contributed by atoms with E-state index in [2.05, 4.69) is 15.4 Å². The van der Waals surface area contributed by atoms with Crippen LogP contribution in [0.25, 0.3) is 0 Å². The van der Waals surface area contributed by atoms with Crippen molar-refractivity contribution in [2.24, 2.45) is 0 Å². The number of alkyl halides is 3. The van der Waals surface area contributed by atoms with Crippen molar-refractivity contribution >= 4 is 17.3 Å². The monoisotopic (exact) mass is 342 g/mol. The highest BCUT2D eigenvalue weighted by Crippen LogP contribution is 2.23. The smallest absolute Gasteiger partial charge is 0.406 e. The molecule has 0 aliphatic carbocycles. The standard InChI is InChI=1S/C16H14F4N2O2/c1-10-2-3-12(8-14(10)17)21-9-15(23)22-11-4-6-13(7-5-11)24-16(18,19)20/h2-8,21H,9H2,1H3,(H,22,23). The topological polar surface area (TPSA) is 50.4 Å². The van der Waals surface area contributed by atoms with Gasteiger partial charge in [-0.2, -0.15) is 0 Å². The molecule has 2 N–H and O–H groups in total. The van der Waals surface area contributed by atoms with Crippen LogP contribution in [0, 0.1) is 12.7 Å². The van der Waals surface area contributed by atoms with Gasteiger partial charge in [-0.1, -0.05) is 6.07 Å². The molecule has 2 aromatic carbocycles. The summed E-state index contributed by atoms with van der Waals surface area (Å²) >= 11 is 0. The SMILES string of the molecule is Cc1ccc(NCC(=O)Nc2ccc(OC(F)(F)F)cc2)cc1F. The van der Waals surface area contributed by atoms with Gasteiger partial charge in [0.2, 0.25) is 5.91 Å². The van der Waals surface area contributed by atoms with Gasteiger partial charge in [0, 0.05) is 11.4 Å². The summed E-state index contributed by atoms with van der Waals surface area (Å²) in [6, 6.07) is 9.22. The Bertz CT molecular complexity index is 715. The number of amides is 1. The zero-order valence-corrected chi connectivity index (χ0v) is 12.6. The Kier molecular flexibility index (Phi) is 5.28. The van der Waals surface area contributed by atoms with Crippen LogP contribution < -0.4 is 15.4 Å². The van der Waals surface area contributed by atoms with Crippen molar-refractivity contribution < 1.29 is 27.1 Å². The Morgan fingerprint density at radius 1 is 1.08 bits per heavy atom. The molecule has 2 aromatic rings. The third-order valence-corrected chi connectivity index (χ3v) is 3.00. The minimum absolute atomic E-state index is 0.122. The van der Waals surface area contributed by atoms with Gasteiger partial charge >= 0.3 is 6.36 Å². The van der Waals surface area contributed by atoms with Crippen LogP contribution in [-0.4, -0.2) is 18.8 Å². The fraction of sp³-hybridized carbons (Fsp3) is 0.188. The van der Waals surface area contributed by atoms with Crippen LogP contribution in [0.3, 0.4) is 0 Å². The summed E-state index contributed by atoms with van der Waals surface area (Å²) in [5, 5.41) is 5.25. The zero-order chi connectivity index (χ0) is 17.7. The minimum atomic E-state index is -4.77. The van der Waals surface area contributed by atoms with Gasteiger partial charge in [-0.25, -0.2) is 4.39 Å². The van der Waals surface area contributed by atoms with Gasteiger partial charge in [0.05, 0.1) is 6.54 Å². The molecule has 0 atom stereocenters. The van der Waals surface area contributed by atoms with Crippen molar-refractivity contribution in [1.29, 1.82) is 0 Å².